The molecule has 12 heteroatoms. The summed E-state index contributed by atoms with van der Waals surface area (Å²) in [7, 11) is -3.33. The monoisotopic (exact) mass is 560 g/mol. The van der Waals surface area contributed by atoms with E-state index in [2.05, 4.69) is 44.1 Å². The van der Waals surface area contributed by atoms with Crippen LogP contribution in [0.15, 0.2) is 40.5 Å². The third-order valence-corrected chi connectivity index (χ3v) is 9.51. The molecule has 4 aromatic heterocycles. The Morgan fingerprint density at radius 1 is 1.02 bits per heavy atom. The van der Waals surface area contributed by atoms with Crippen molar-refractivity contribution in [1.82, 2.24) is 34.5 Å². The lowest BCUT2D eigenvalue weighted by Crippen LogP contribution is -2.29. The molecule has 208 valence electrons. The van der Waals surface area contributed by atoms with E-state index in [0.717, 1.165) is 49.1 Å². The number of nitrogens with zero attached hydrogens (tertiary/aromatic N) is 7. The van der Waals surface area contributed by atoms with Gasteiger partial charge in [-0.3, -0.25) is 14.3 Å². The highest BCUT2D eigenvalue weighted by Crippen LogP contribution is 2.44. The van der Waals surface area contributed by atoms with Crippen molar-refractivity contribution in [2.24, 2.45) is 5.92 Å². The summed E-state index contributed by atoms with van der Waals surface area (Å²) in [5.41, 5.74) is 4.09. The number of pyridine rings is 1. The number of aryl methyl sites for hydroxylation is 1. The highest BCUT2D eigenvalue weighted by Gasteiger charge is 2.33. The summed E-state index contributed by atoms with van der Waals surface area (Å²) < 4.78 is 25.9. The maximum absolute atomic E-state index is 13.8. The first-order chi connectivity index (χ1) is 19.3. The van der Waals surface area contributed by atoms with E-state index < -0.39 is 9.84 Å². The van der Waals surface area contributed by atoms with Crippen molar-refractivity contribution >= 4 is 26.8 Å². The van der Waals surface area contributed by atoms with Crippen LogP contribution >= 0.6 is 0 Å². The van der Waals surface area contributed by atoms with Gasteiger partial charge in [-0.05, 0) is 57.1 Å². The van der Waals surface area contributed by atoms with Crippen LogP contribution < -0.4 is 10.9 Å². The summed E-state index contributed by atoms with van der Waals surface area (Å²) >= 11 is 0. The van der Waals surface area contributed by atoms with Gasteiger partial charge in [0.25, 0.3) is 5.56 Å². The summed E-state index contributed by atoms with van der Waals surface area (Å²) in [5.74, 6) is 1.51. The number of anilines is 1. The van der Waals surface area contributed by atoms with Crippen molar-refractivity contribution in [1.29, 1.82) is 0 Å². The number of nitrogens with one attached hydrogen (secondary N) is 1. The van der Waals surface area contributed by atoms with Crippen LogP contribution in [0.1, 0.15) is 75.5 Å². The second kappa shape index (κ2) is 10.3. The fraction of sp³-hybridized carbons (Fsp3) is 0.464. The van der Waals surface area contributed by atoms with Crippen LogP contribution in [0.4, 0.5) is 5.82 Å². The van der Waals surface area contributed by atoms with Gasteiger partial charge in [0.1, 0.15) is 11.8 Å². The predicted molar refractivity (Wildman–Crippen MR) is 151 cm³/mol. The molecule has 4 heterocycles. The Labute approximate surface area is 232 Å². The van der Waals surface area contributed by atoms with E-state index in [1.54, 1.807) is 30.1 Å². The van der Waals surface area contributed by atoms with Gasteiger partial charge in [0.05, 0.1) is 46.0 Å². The van der Waals surface area contributed by atoms with Crippen molar-refractivity contribution in [2.75, 3.05) is 11.1 Å². The fourth-order valence-electron chi connectivity index (χ4n) is 5.06. The van der Waals surface area contributed by atoms with Crippen LogP contribution in [0.2, 0.25) is 0 Å². The van der Waals surface area contributed by atoms with Crippen LogP contribution in [-0.2, 0) is 22.8 Å². The maximum Gasteiger partial charge on any atom is 0.295 e. The van der Waals surface area contributed by atoms with Gasteiger partial charge in [-0.1, -0.05) is 13.8 Å². The molecule has 0 spiro atoms. The second-order valence-electron chi connectivity index (χ2n) is 10.6. The lowest BCUT2D eigenvalue weighted by atomic mass is 10.1. The van der Waals surface area contributed by atoms with Crippen molar-refractivity contribution in [3.63, 3.8) is 0 Å². The molecule has 0 amide bonds. The van der Waals surface area contributed by atoms with Gasteiger partial charge in [0.15, 0.2) is 27.1 Å². The van der Waals surface area contributed by atoms with E-state index in [1.807, 2.05) is 0 Å². The molecule has 1 N–H and O–H groups in total. The first kappa shape index (κ1) is 26.4. The molecule has 2 aliphatic carbocycles. The zero-order valence-electron chi connectivity index (χ0n) is 22.8. The van der Waals surface area contributed by atoms with Gasteiger partial charge in [-0.15, -0.1) is 0 Å². The van der Waals surface area contributed by atoms with Crippen molar-refractivity contribution in [2.45, 2.75) is 76.3 Å². The molecule has 6 rings (SSSR count). The minimum absolute atomic E-state index is 0.00867. The minimum atomic E-state index is -3.33. The molecule has 0 saturated heterocycles. The largest absolute Gasteiger partial charge is 0.360 e. The molecule has 1 atom stereocenters. The van der Waals surface area contributed by atoms with Crippen LogP contribution in [0, 0.1) is 5.92 Å². The molecule has 11 nitrogen and oxygen atoms in total. The molecule has 0 bridgehead atoms. The Kier molecular flexibility index (Phi) is 6.81. The second-order valence-corrected chi connectivity index (χ2v) is 12.8. The van der Waals surface area contributed by atoms with E-state index in [4.69, 9.17) is 4.98 Å². The molecule has 0 aromatic carbocycles. The van der Waals surface area contributed by atoms with E-state index >= 15 is 0 Å². The van der Waals surface area contributed by atoms with Crippen molar-refractivity contribution < 1.29 is 8.42 Å². The topological polar surface area (TPSA) is 146 Å². The Morgan fingerprint density at radius 2 is 1.82 bits per heavy atom. The molecular formula is C28H32N8O3S. The molecule has 0 aliphatic heterocycles. The summed E-state index contributed by atoms with van der Waals surface area (Å²) in [4.78, 5) is 41.6. The number of hydrogen-bond acceptors (Lipinski definition) is 10. The van der Waals surface area contributed by atoms with Crippen LogP contribution in [0.25, 0.3) is 22.6 Å². The van der Waals surface area contributed by atoms with Gasteiger partial charge >= 0.3 is 0 Å². The zero-order valence-corrected chi connectivity index (χ0v) is 23.6. The number of fused-ring (bicyclic) bond motifs is 1. The molecule has 2 aliphatic rings. The number of hydrogen-bond donors (Lipinski definition) is 1. The number of sulfone groups is 1. The predicted octanol–water partition coefficient (Wildman–Crippen LogP) is 3.86. The van der Waals surface area contributed by atoms with Crippen LogP contribution in [0.3, 0.4) is 0 Å². The maximum atomic E-state index is 13.8. The summed E-state index contributed by atoms with van der Waals surface area (Å²) in [6.45, 7) is 5.92. The Hall–Kier alpha value is -3.80. The lowest BCUT2D eigenvalue weighted by Gasteiger charge is -2.19. The van der Waals surface area contributed by atoms with Crippen LogP contribution in [-0.4, -0.2) is 48.6 Å². The third-order valence-electron chi connectivity index (χ3n) is 7.79. The van der Waals surface area contributed by atoms with Gasteiger partial charge in [0, 0.05) is 18.2 Å². The highest BCUT2D eigenvalue weighted by molar-refractivity contribution is 7.91. The van der Waals surface area contributed by atoms with Crippen LogP contribution in [0.5, 0.6) is 0 Å². The van der Waals surface area contributed by atoms with E-state index in [9.17, 15) is 13.2 Å². The number of rotatable bonds is 10. The van der Waals surface area contributed by atoms with E-state index in [0.29, 0.717) is 34.5 Å². The van der Waals surface area contributed by atoms with Gasteiger partial charge in [-0.25, -0.2) is 33.3 Å². The Morgan fingerprint density at radius 3 is 2.48 bits per heavy atom. The van der Waals surface area contributed by atoms with Gasteiger partial charge < -0.3 is 5.32 Å². The first-order valence-corrected chi connectivity index (χ1v) is 15.5. The minimum Gasteiger partial charge on any atom is -0.360 e. The summed E-state index contributed by atoms with van der Waals surface area (Å²) in [6.07, 6.45) is 9.67. The average molecular weight is 561 g/mol. The fourth-order valence-corrected chi connectivity index (χ4v) is 5.88. The van der Waals surface area contributed by atoms with Crippen molar-refractivity contribution in [3.8, 4) is 11.4 Å². The SMILES string of the molecule is CCc1ncnc(C2CC2)c1-c1ncc2nc(NCc3ccc(S(=O)(=O)CC)cn3)c(=O)n(C(C)C3CC3)c2n1. The molecule has 40 heavy (non-hydrogen) atoms. The average Bonchev–Trinajstić information content (AvgIpc) is 3.89. The van der Waals surface area contributed by atoms with E-state index in [-0.39, 0.29) is 34.6 Å². The van der Waals surface area contributed by atoms with Crippen molar-refractivity contribution in [3.05, 3.63) is 58.3 Å². The Bertz CT molecular complexity index is 1750. The normalized spacial score (nSPS) is 16.3. The number of aromatic nitrogens is 7. The molecule has 1 unspecified atom stereocenters. The summed E-state index contributed by atoms with van der Waals surface area (Å²) in [6, 6.07) is 3.12. The molecular weight excluding hydrogens is 528 g/mol. The lowest BCUT2D eigenvalue weighted by molar-refractivity contribution is 0.482. The zero-order chi connectivity index (χ0) is 28.0. The smallest absolute Gasteiger partial charge is 0.295 e. The summed E-state index contributed by atoms with van der Waals surface area (Å²) in [5, 5.41) is 3.11. The highest BCUT2D eigenvalue weighted by atomic mass is 32.2. The molecule has 0 radical (unpaired) electrons. The van der Waals surface area contributed by atoms with Gasteiger partial charge in [-0.2, -0.15) is 0 Å². The third kappa shape index (κ3) is 4.96. The molecule has 4 aromatic rings. The van der Waals surface area contributed by atoms with Gasteiger partial charge in [0.2, 0.25) is 0 Å². The molecule has 2 fully saturated rings. The quantitative estimate of drug-likeness (QED) is 0.303. The first-order valence-electron chi connectivity index (χ1n) is 13.9. The Balaban J connectivity index is 1.39. The molecule has 2 saturated carbocycles. The standard InChI is InChI=1S/C28H32N8O3S/c1-4-21-23(24(18-8-9-18)33-15-32-21)25-31-14-22-27(35-25)36(16(3)17-6-7-17)28(37)26(34-22)30-12-19-10-11-20(13-29-19)40(38,39)5-2/h10-11,13-18H,4-9,12H2,1-3H3,(H,30,34). The van der Waals surface area contributed by atoms with E-state index in [1.165, 1.54) is 12.3 Å².